The first-order valence-electron chi connectivity index (χ1n) is 7.04. The number of carbonyl (C=O) groups excluding carboxylic acids is 1. The number of ketones is 1. The maximum absolute atomic E-state index is 12.8. The van der Waals surface area contributed by atoms with Crippen molar-refractivity contribution in [3.8, 4) is 11.5 Å². The molecule has 4 rings (SSSR count). The predicted molar refractivity (Wildman–Crippen MR) is 71.7 cm³/mol. The number of phenols is 1. The van der Waals surface area contributed by atoms with Crippen LogP contribution in [-0.4, -0.2) is 61.8 Å². The molecule has 5 unspecified atom stereocenters. The standard InChI is InChI=1S/C15H16O7/c1-13-5-9(17)15(20)11(18)10-7(16)3-2-4-8(10)22-14(15,6-21-13)12(13)19/h2-4,9,12,16-17,19-20H,5-6H2,1H3. The van der Waals surface area contributed by atoms with Gasteiger partial charge < -0.3 is 29.9 Å². The molecular weight excluding hydrogens is 292 g/mol. The highest BCUT2D eigenvalue weighted by atomic mass is 16.6. The largest absolute Gasteiger partial charge is 0.507 e. The van der Waals surface area contributed by atoms with Crippen molar-refractivity contribution in [3.63, 3.8) is 0 Å². The minimum absolute atomic E-state index is 0.0516. The van der Waals surface area contributed by atoms with Crippen molar-refractivity contribution < 1.29 is 34.7 Å². The number of phenolic OH excluding ortho intramolecular Hbond substituents is 1. The maximum atomic E-state index is 12.8. The summed E-state index contributed by atoms with van der Waals surface area (Å²) in [5.74, 6) is -1.17. The first-order chi connectivity index (χ1) is 10.3. The van der Waals surface area contributed by atoms with E-state index in [1.165, 1.54) is 18.2 Å². The molecule has 2 heterocycles. The number of carbonyl (C=O) groups is 1. The number of ether oxygens (including phenoxy) is 2. The van der Waals surface area contributed by atoms with Gasteiger partial charge in [0.15, 0.2) is 11.2 Å². The van der Waals surface area contributed by atoms with Crippen molar-refractivity contribution in [2.45, 2.75) is 42.4 Å². The molecule has 1 spiro atoms. The molecule has 2 fully saturated rings. The number of aromatic hydroxyl groups is 1. The zero-order valence-electron chi connectivity index (χ0n) is 11.8. The number of hydrogen-bond acceptors (Lipinski definition) is 7. The highest BCUT2D eigenvalue weighted by molar-refractivity contribution is 6.09. The van der Waals surface area contributed by atoms with Crippen LogP contribution in [0.4, 0.5) is 0 Å². The fraction of sp³-hybridized carbons (Fsp3) is 0.533. The molecule has 1 aromatic rings. The van der Waals surface area contributed by atoms with Crippen LogP contribution < -0.4 is 4.74 Å². The Morgan fingerprint density at radius 2 is 2.05 bits per heavy atom. The molecule has 3 aliphatic rings. The van der Waals surface area contributed by atoms with Gasteiger partial charge in [0.2, 0.25) is 5.78 Å². The van der Waals surface area contributed by atoms with Crippen LogP contribution >= 0.6 is 0 Å². The first-order valence-corrected chi connectivity index (χ1v) is 7.04. The van der Waals surface area contributed by atoms with Crippen LogP contribution in [0.2, 0.25) is 0 Å². The predicted octanol–water partition coefficient (Wildman–Crippen LogP) is -0.648. The number of benzene rings is 1. The van der Waals surface area contributed by atoms with E-state index in [0.717, 1.165) is 0 Å². The fourth-order valence-electron chi connectivity index (χ4n) is 3.95. The van der Waals surface area contributed by atoms with Gasteiger partial charge in [-0.05, 0) is 19.1 Å². The highest BCUT2D eigenvalue weighted by Crippen LogP contribution is 2.56. The Morgan fingerprint density at radius 1 is 1.32 bits per heavy atom. The third-order valence-corrected chi connectivity index (χ3v) is 5.23. The first kappa shape index (κ1) is 14.0. The second-order valence-electron chi connectivity index (χ2n) is 6.46. The van der Waals surface area contributed by atoms with Crippen molar-refractivity contribution in [3.05, 3.63) is 23.8 Å². The fourth-order valence-corrected chi connectivity index (χ4v) is 3.95. The summed E-state index contributed by atoms with van der Waals surface area (Å²) >= 11 is 0. The average Bonchev–Trinajstić information content (AvgIpc) is 2.65. The maximum Gasteiger partial charge on any atom is 0.208 e. The van der Waals surface area contributed by atoms with Crippen LogP contribution in [0.15, 0.2) is 18.2 Å². The minimum Gasteiger partial charge on any atom is -0.507 e. The zero-order chi connectivity index (χ0) is 15.9. The van der Waals surface area contributed by atoms with Gasteiger partial charge >= 0.3 is 0 Å². The molecule has 1 aromatic carbocycles. The Labute approximate surface area is 125 Å². The van der Waals surface area contributed by atoms with Gasteiger partial charge in [-0.1, -0.05) is 6.07 Å². The summed E-state index contributed by atoms with van der Waals surface area (Å²) in [6, 6.07) is 4.25. The number of aliphatic hydroxyl groups is 3. The molecule has 1 aliphatic carbocycles. The lowest BCUT2D eigenvalue weighted by Crippen LogP contribution is -2.79. The van der Waals surface area contributed by atoms with E-state index in [4.69, 9.17) is 9.47 Å². The molecule has 2 bridgehead atoms. The Hall–Kier alpha value is -1.67. The van der Waals surface area contributed by atoms with Crippen molar-refractivity contribution >= 4 is 5.78 Å². The van der Waals surface area contributed by atoms with Gasteiger partial charge in [-0.25, -0.2) is 0 Å². The van der Waals surface area contributed by atoms with E-state index in [-0.39, 0.29) is 30.1 Å². The van der Waals surface area contributed by atoms with E-state index < -0.39 is 34.8 Å². The molecule has 7 nitrogen and oxygen atoms in total. The van der Waals surface area contributed by atoms with Crippen LogP contribution in [0.25, 0.3) is 0 Å². The number of hydrogen-bond donors (Lipinski definition) is 4. The summed E-state index contributed by atoms with van der Waals surface area (Å²) in [4.78, 5) is 12.8. The summed E-state index contributed by atoms with van der Waals surface area (Å²) in [5, 5.41) is 41.9. The summed E-state index contributed by atoms with van der Waals surface area (Å²) in [6.45, 7) is 1.36. The van der Waals surface area contributed by atoms with Crippen LogP contribution in [0, 0.1) is 0 Å². The molecule has 7 heteroatoms. The van der Waals surface area contributed by atoms with Crippen LogP contribution in [0.3, 0.4) is 0 Å². The molecule has 118 valence electrons. The quantitative estimate of drug-likeness (QED) is 0.503. The second kappa shape index (κ2) is 3.80. The number of rotatable bonds is 0. The monoisotopic (exact) mass is 308 g/mol. The van der Waals surface area contributed by atoms with Gasteiger partial charge in [0.05, 0.1) is 18.3 Å². The van der Waals surface area contributed by atoms with Gasteiger partial charge in [-0.3, -0.25) is 4.79 Å². The van der Waals surface area contributed by atoms with Gasteiger partial charge in [0.1, 0.15) is 23.2 Å². The lowest BCUT2D eigenvalue weighted by Gasteiger charge is -2.54. The molecule has 5 atom stereocenters. The van der Waals surface area contributed by atoms with E-state index in [1.54, 1.807) is 6.92 Å². The summed E-state index contributed by atoms with van der Waals surface area (Å²) in [5.41, 5.74) is -5.48. The highest BCUT2D eigenvalue weighted by Gasteiger charge is 2.78. The molecule has 22 heavy (non-hydrogen) atoms. The topological polar surface area (TPSA) is 116 Å². The molecule has 1 saturated carbocycles. The second-order valence-corrected chi connectivity index (χ2v) is 6.46. The van der Waals surface area contributed by atoms with Crippen LogP contribution in [0.5, 0.6) is 11.5 Å². The van der Waals surface area contributed by atoms with Gasteiger partial charge in [-0.2, -0.15) is 0 Å². The van der Waals surface area contributed by atoms with E-state index in [9.17, 15) is 25.2 Å². The smallest absolute Gasteiger partial charge is 0.208 e. The summed E-state index contributed by atoms with van der Waals surface area (Å²) in [7, 11) is 0. The van der Waals surface area contributed by atoms with Crippen molar-refractivity contribution in [2.75, 3.05) is 6.61 Å². The molecule has 0 aromatic heterocycles. The SMILES string of the molecule is CC12CC(O)C3(O)C(=O)c4c(O)cccc4OC3(CO1)C2O. The van der Waals surface area contributed by atoms with Gasteiger partial charge in [-0.15, -0.1) is 0 Å². The molecule has 0 amide bonds. The van der Waals surface area contributed by atoms with Gasteiger partial charge in [0, 0.05) is 6.42 Å². The molecule has 1 saturated heterocycles. The zero-order valence-corrected chi connectivity index (χ0v) is 11.8. The molecule has 4 N–H and O–H groups in total. The van der Waals surface area contributed by atoms with Crippen molar-refractivity contribution in [2.24, 2.45) is 0 Å². The van der Waals surface area contributed by atoms with Gasteiger partial charge in [0.25, 0.3) is 0 Å². The molecule has 0 radical (unpaired) electrons. The van der Waals surface area contributed by atoms with E-state index >= 15 is 0 Å². The Kier molecular flexibility index (Phi) is 2.41. The number of Topliss-reactive ketones (excluding diaryl/α,β-unsaturated/α-hetero) is 1. The average molecular weight is 308 g/mol. The van der Waals surface area contributed by atoms with Crippen molar-refractivity contribution in [1.82, 2.24) is 0 Å². The van der Waals surface area contributed by atoms with Crippen LogP contribution in [0.1, 0.15) is 23.7 Å². The Morgan fingerprint density at radius 3 is 2.77 bits per heavy atom. The minimum atomic E-state index is -2.38. The van der Waals surface area contributed by atoms with Crippen LogP contribution in [-0.2, 0) is 4.74 Å². The van der Waals surface area contributed by atoms with E-state index in [1.807, 2.05) is 0 Å². The molecular formula is C15H16O7. The van der Waals surface area contributed by atoms with Crippen molar-refractivity contribution in [1.29, 1.82) is 0 Å². The summed E-state index contributed by atoms with van der Waals surface area (Å²) in [6.07, 6.45) is -2.90. The lowest BCUT2D eigenvalue weighted by molar-refractivity contribution is -0.225. The lowest BCUT2D eigenvalue weighted by atomic mass is 9.61. The number of fused-ring (bicyclic) bond motifs is 2. The third-order valence-electron chi connectivity index (χ3n) is 5.23. The van der Waals surface area contributed by atoms with E-state index in [0.29, 0.717) is 0 Å². The number of aliphatic hydroxyl groups excluding tert-OH is 2. The molecule has 2 aliphatic heterocycles. The Bertz CT molecular complexity index is 688. The summed E-state index contributed by atoms with van der Waals surface area (Å²) < 4.78 is 11.3. The Balaban J connectivity index is 2.00. The normalized spacial score (nSPS) is 45.9. The third kappa shape index (κ3) is 1.25. The van der Waals surface area contributed by atoms with E-state index in [2.05, 4.69) is 0 Å².